The van der Waals surface area contributed by atoms with Crippen LogP contribution in [0.4, 0.5) is 22.0 Å². The van der Waals surface area contributed by atoms with Gasteiger partial charge in [0.15, 0.2) is 29.1 Å². The maximum atomic E-state index is 14.3. The van der Waals surface area contributed by atoms with Crippen molar-refractivity contribution in [2.75, 3.05) is 0 Å². The molecule has 0 saturated heterocycles. The van der Waals surface area contributed by atoms with E-state index in [-0.39, 0.29) is 27.8 Å². The van der Waals surface area contributed by atoms with Crippen LogP contribution < -0.4 is 9.47 Å². The summed E-state index contributed by atoms with van der Waals surface area (Å²) in [5.74, 6) is -9.55. The first kappa shape index (κ1) is 25.8. The van der Waals surface area contributed by atoms with Crippen molar-refractivity contribution in [3.8, 4) is 11.5 Å². The van der Waals surface area contributed by atoms with Gasteiger partial charge in [-0.3, -0.25) is 0 Å². The van der Waals surface area contributed by atoms with Gasteiger partial charge in [0.05, 0.1) is 11.1 Å². The largest absolute Gasteiger partial charge is 0.422 e. The van der Waals surface area contributed by atoms with E-state index in [0.717, 1.165) is 29.3 Å². The fourth-order valence-electron chi connectivity index (χ4n) is 4.20. The molecule has 0 bridgehead atoms. The number of rotatable bonds is 4. The van der Waals surface area contributed by atoms with Crippen molar-refractivity contribution in [2.45, 2.75) is 13.8 Å². The third kappa shape index (κ3) is 4.67. The molecule has 4 nitrogen and oxygen atoms in total. The van der Waals surface area contributed by atoms with Crippen LogP contribution in [0.5, 0.6) is 11.5 Å². The number of ether oxygens (including phenoxy) is 2. The molecule has 0 spiro atoms. The van der Waals surface area contributed by atoms with E-state index in [4.69, 9.17) is 9.47 Å². The van der Waals surface area contributed by atoms with Crippen LogP contribution in [0.25, 0.3) is 21.5 Å². The van der Waals surface area contributed by atoms with E-state index < -0.39 is 46.6 Å². The summed E-state index contributed by atoms with van der Waals surface area (Å²) in [6.45, 7) is 3.53. The maximum absolute atomic E-state index is 14.3. The number of esters is 2. The number of hydrogen-bond donors (Lipinski definition) is 0. The molecule has 0 saturated carbocycles. The van der Waals surface area contributed by atoms with Gasteiger partial charge in [-0.25, -0.2) is 31.5 Å². The van der Waals surface area contributed by atoms with E-state index >= 15 is 0 Å². The van der Waals surface area contributed by atoms with Crippen molar-refractivity contribution in [2.24, 2.45) is 0 Å². The molecule has 39 heavy (non-hydrogen) atoms. The lowest BCUT2D eigenvalue weighted by Crippen LogP contribution is -2.14. The molecule has 0 aliphatic heterocycles. The predicted octanol–water partition coefficient (Wildman–Crippen LogP) is 7.74. The Bertz CT molecular complexity index is 1770. The van der Waals surface area contributed by atoms with Crippen molar-refractivity contribution < 1.29 is 41.0 Å². The zero-order valence-electron chi connectivity index (χ0n) is 20.4. The van der Waals surface area contributed by atoms with Crippen LogP contribution in [0.15, 0.2) is 66.7 Å². The van der Waals surface area contributed by atoms with Gasteiger partial charge in [-0.15, -0.1) is 0 Å². The summed E-state index contributed by atoms with van der Waals surface area (Å²) in [5.41, 5.74) is 0.426. The van der Waals surface area contributed by atoms with Gasteiger partial charge in [-0.2, -0.15) is 0 Å². The van der Waals surface area contributed by atoms with Gasteiger partial charge in [-0.05, 0) is 56.3 Å². The molecule has 0 fully saturated rings. The van der Waals surface area contributed by atoms with Gasteiger partial charge in [0.25, 0.3) is 0 Å². The van der Waals surface area contributed by atoms with Gasteiger partial charge in [0.1, 0.15) is 11.5 Å². The van der Waals surface area contributed by atoms with Crippen molar-refractivity contribution in [3.05, 3.63) is 118 Å². The van der Waals surface area contributed by atoms with Crippen LogP contribution in [-0.2, 0) is 0 Å². The highest BCUT2D eigenvalue weighted by molar-refractivity contribution is 6.14. The molecule has 0 N–H and O–H groups in total. The van der Waals surface area contributed by atoms with Gasteiger partial charge in [0, 0.05) is 21.5 Å². The molecule has 5 rings (SSSR count). The first-order chi connectivity index (χ1) is 18.5. The Morgan fingerprint density at radius 1 is 0.538 bits per heavy atom. The fraction of sp³-hybridized carbons (Fsp3) is 0.0667. The lowest BCUT2D eigenvalue weighted by molar-refractivity contribution is 0.0722. The monoisotopic (exact) mass is 536 g/mol. The fourth-order valence-corrected chi connectivity index (χ4v) is 4.20. The average Bonchev–Trinajstić information content (AvgIpc) is 2.90. The number of halogens is 5. The minimum Gasteiger partial charge on any atom is -0.422 e. The Balaban J connectivity index is 1.70. The summed E-state index contributed by atoms with van der Waals surface area (Å²) in [4.78, 5) is 25.9. The molecular formula is C30H17F5O4. The van der Waals surface area contributed by atoms with Crippen LogP contribution in [0.2, 0.25) is 0 Å². The van der Waals surface area contributed by atoms with Gasteiger partial charge >= 0.3 is 11.9 Å². The van der Waals surface area contributed by atoms with E-state index in [1.54, 1.807) is 50.2 Å². The number of fused-ring (bicyclic) bond motifs is 2. The second-order valence-electron chi connectivity index (χ2n) is 8.89. The molecule has 0 aliphatic rings. The highest BCUT2D eigenvalue weighted by atomic mass is 19.2. The first-order valence-corrected chi connectivity index (χ1v) is 11.5. The van der Waals surface area contributed by atoms with E-state index in [1.165, 1.54) is 0 Å². The molecule has 0 unspecified atom stereocenters. The molecule has 0 aromatic heterocycles. The van der Waals surface area contributed by atoms with Crippen LogP contribution in [0.3, 0.4) is 0 Å². The molecule has 5 aromatic rings. The Morgan fingerprint density at radius 2 is 1.08 bits per heavy atom. The zero-order valence-corrected chi connectivity index (χ0v) is 20.4. The summed E-state index contributed by atoms with van der Waals surface area (Å²) in [6, 6.07) is 13.8. The topological polar surface area (TPSA) is 52.6 Å². The molecule has 0 amide bonds. The van der Waals surface area contributed by atoms with Crippen molar-refractivity contribution in [1.29, 1.82) is 0 Å². The van der Waals surface area contributed by atoms with Crippen molar-refractivity contribution >= 4 is 33.5 Å². The van der Waals surface area contributed by atoms with E-state index in [0.29, 0.717) is 22.9 Å². The molecule has 0 heterocycles. The summed E-state index contributed by atoms with van der Waals surface area (Å²) in [5, 5.41) is 1.19. The summed E-state index contributed by atoms with van der Waals surface area (Å²) < 4.78 is 80.0. The Labute approximate surface area is 218 Å². The van der Waals surface area contributed by atoms with Crippen LogP contribution >= 0.6 is 0 Å². The van der Waals surface area contributed by atoms with Crippen molar-refractivity contribution in [3.63, 3.8) is 0 Å². The van der Waals surface area contributed by atoms with Crippen LogP contribution in [-0.4, -0.2) is 11.9 Å². The number of aryl methyl sites for hydroxylation is 2. The Morgan fingerprint density at radius 3 is 1.67 bits per heavy atom. The molecule has 196 valence electrons. The molecule has 0 aliphatic carbocycles. The number of benzene rings is 5. The standard InChI is InChI=1S/C30H17F5O4/c1-14-3-6-17-20(11-14)28(38-29(36)16-5-9-22(31)24(33)13-16)21-12-15(2)4-7-18(21)27(17)39-30(37)19-8-10-23(32)26(35)25(19)34/h3-13H,1-2H3. The summed E-state index contributed by atoms with van der Waals surface area (Å²) >= 11 is 0. The predicted molar refractivity (Wildman–Crippen MR) is 134 cm³/mol. The number of hydrogen-bond acceptors (Lipinski definition) is 4. The number of carbonyl (C=O) groups is 2. The normalized spacial score (nSPS) is 11.2. The molecular weight excluding hydrogens is 519 g/mol. The molecule has 9 heteroatoms. The van der Waals surface area contributed by atoms with E-state index in [9.17, 15) is 31.5 Å². The minimum atomic E-state index is -1.81. The van der Waals surface area contributed by atoms with Gasteiger partial charge in [-0.1, -0.05) is 35.4 Å². The molecule has 0 atom stereocenters. The van der Waals surface area contributed by atoms with E-state index in [1.807, 2.05) is 0 Å². The third-order valence-corrected chi connectivity index (χ3v) is 6.13. The first-order valence-electron chi connectivity index (χ1n) is 11.5. The SMILES string of the molecule is Cc1ccc2c(OC(=O)c3ccc(F)c(F)c3F)c3ccc(C)cc3c(OC(=O)c3ccc(F)c(F)c3)c2c1. The third-order valence-electron chi connectivity index (χ3n) is 6.13. The highest BCUT2D eigenvalue weighted by Gasteiger charge is 2.25. The lowest BCUT2D eigenvalue weighted by Gasteiger charge is -2.17. The second-order valence-corrected chi connectivity index (χ2v) is 8.89. The second kappa shape index (κ2) is 9.83. The zero-order chi connectivity index (χ0) is 28.0. The molecule has 5 aromatic carbocycles. The van der Waals surface area contributed by atoms with Crippen LogP contribution in [0.1, 0.15) is 31.8 Å². The Kier molecular flexibility index (Phi) is 6.51. The van der Waals surface area contributed by atoms with Gasteiger partial charge < -0.3 is 9.47 Å². The van der Waals surface area contributed by atoms with Gasteiger partial charge in [0.2, 0.25) is 0 Å². The number of carbonyl (C=O) groups excluding carboxylic acids is 2. The quantitative estimate of drug-likeness (QED) is 0.0775. The average molecular weight is 536 g/mol. The molecule has 0 radical (unpaired) electrons. The smallest absolute Gasteiger partial charge is 0.346 e. The Hall–Kier alpha value is -4.79. The van der Waals surface area contributed by atoms with E-state index in [2.05, 4.69) is 0 Å². The lowest BCUT2D eigenvalue weighted by atomic mass is 9.97. The summed E-state index contributed by atoms with van der Waals surface area (Å²) in [7, 11) is 0. The minimum absolute atomic E-state index is 0.0400. The maximum Gasteiger partial charge on any atom is 0.346 e. The summed E-state index contributed by atoms with van der Waals surface area (Å²) in [6.07, 6.45) is 0. The van der Waals surface area contributed by atoms with Crippen LogP contribution in [0, 0.1) is 42.9 Å². The van der Waals surface area contributed by atoms with Crippen molar-refractivity contribution in [1.82, 2.24) is 0 Å². The highest BCUT2D eigenvalue weighted by Crippen LogP contribution is 2.44.